The van der Waals surface area contributed by atoms with Crippen molar-refractivity contribution in [1.82, 2.24) is 9.13 Å². The fourth-order valence-electron chi connectivity index (χ4n) is 9.79. The van der Waals surface area contributed by atoms with Crippen LogP contribution >= 0.6 is 0 Å². The van der Waals surface area contributed by atoms with Crippen LogP contribution in [0.25, 0.3) is 77.2 Å². The van der Waals surface area contributed by atoms with Crippen LogP contribution in [0.5, 0.6) is 0 Å². The highest BCUT2D eigenvalue weighted by atomic mass is 15.0. The van der Waals surface area contributed by atoms with E-state index in [-0.39, 0.29) is 10.8 Å². The van der Waals surface area contributed by atoms with Crippen molar-refractivity contribution in [1.29, 1.82) is 0 Å². The van der Waals surface area contributed by atoms with Crippen LogP contribution in [-0.2, 0) is 10.8 Å². The van der Waals surface area contributed by atoms with Crippen molar-refractivity contribution in [2.45, 2.75) is 38.5 Å². The first-order valence-corrected chi connectivity index (χ1v) is 17.8. The lowest BCUT2D eigenvalue weighted by molar-refractivity contribution is 0.647. The molecule has 11 rings (SSSR count). The number of rotatable bonds is 2. The number of para-hydroxylation sites is 4. The van der Waals surface area contributed by atoms with Crippen LogP contribution in [0.3, 0.4) is 0 Å². The summed E-state index contributed by atoms with van der Waals surface area (Å²) in [5, 5.41) is 5.18. The number of hydrogen-bond acceptors (Lipinski definition) is 0. The SMILES string of the molecule is CC1(C)c2cc(-n3c4ccccc4c4ccccc43)ccc2-c2c1ccc1c2C(C)(C)c2cc(-n3c4ccccc4c4ccccc43)ccc2-1. The van der Waals surface area contributed by atoms with E-state index in [1.807, 2.05) is 0 Å². The molecule has 2 heteroatoms. The molecule has 0 N–H and O–H groups in total. The van der Waals surface area contributed by atoms with E-state index in [4.69, 9.17) is 0 Å². The van der Waals surface area contributed by atoms with Crippen molar-refractivity contribution in [3.05, 3.63) is 168 Å². The summed E-state index contributed by atoms with van der Waals surface area (Å²) >= 11 is 0. The molecule has 0 radical (unpaired) electrons. The van der Waals surface area contributed by atoms with Crippen molar-refractivity contribution in [3.63, 3.8) is 0 Å². The minimum absolute atomic E-state index is 0.131. The molecule has 0 saturated heterocycles. The standard InChI is InChI=1S/C48H36N2/c1-47(2)38-26-25-36-31-23-21-29(49-41-17-9-5-13-32(41)33-14-6-10-18-42(33)49)27-39(31)48(3,4)46(36)45(38)37-24-22-30(28-40(37)47)50-43-19-11-7-15-34(43)35-16-8-12-20-44(35)50/h5-28H,1-4H3. The van der Waals surface area contributed by atoms with E-state index < -0.39 is 0 Å². The van der Waals surface area contributed by atoms with E-state index in [0.29, 0.717) is 0 Å². The Bertz CT molecular complexity index is 2820. The van der Waals surface area contributed by atoms with Crippen molar-refractivity contribution in [2.75, 3.05) is 0 Å². The van der Waals surface area contributed by atoms with Crippen LogP contribution in [0.15, 0.2) is 146 Å². The average Bonchev–Trinajstić information content (AvgIpc) is 3.80. The molecule has 238 valence electrons. The molecule has 2 heterocycles. The summed E-state index contributed by atoms with van der Waals surface area (Å²) in [7, 11) is 0. The van der Waals surface area contributed by atoms with Crippen LogP contribution in [0, 0.1) is 0 Å². The Morgan fingerprint density at radius 3 is 1.24 bits per heavy atom. The fraction of sp³-hybridized carbons (Fsp3) is 0.125. The Morgan fingerprint density at radius 1 is 0.360 bits per heavy atom. The summed E-state index contributed by atoms with van der Waals surface area (Å²) in [4.78, 5) is 0. The van der Waals surface area contributed by atoms with E-state index in [0.717, 1.165) is 0 Å². The highest BCUT2D eigenvalue weighted by Crippen LogP contribution is 2.59. The molecular formula is C48H36N2. The zero-order valence-electron chi connectivity index (χ0n) is 28.8. The van der Waals surface area contributed by atoms with Crippen molar-refractivity contribution in [2.24, 2.45) is 0 Å². The Labute approximate surface area is 291 Å². The van der Waals surface area contributed by atoms with Crippen LogP contribution in [0.4, 0.5) is 0 Å². The number of hydrogen-bond donors (Lipinski definition) is 0. The largest absolute Gasteiger partial charge is 0.309 e. The lowest BCUT2D eigenvalue weighted by atomic mass is 9.77. The second-order valence-electron chi connectivity index (χ2n) is 15.4. The monoisotopic (exact) mass is 640 g/mol. The molecule has 0 amide bonds. The van der Waals surface area contributed by atoms with E-state index in [1.54, 1.807) is 0 Å². The van der Waals surface area contributed by atoms with Gasteiger partial charge in [0.1, 0.15) is 0 Å². The van der Waals surface area contributed by atoms with Gasteiger partial charge in [-0.25, -0.2) is 0 Å². The Hall–Kier alpha value is -5.86. The van der Waals surface area contributed by atoms with E-state index in [2.05, 4.69) is 182 Å². The molecule has 0 bridgehead atoms. The van der Waals surface area contributed by atoms with Gasteiger partial charge in [0.2, 0.25) is 0 Å². The highest BCUT2D eigenvalue weighted by molar-refractivity contribution is 6.10. The first-order chi connectivity index (χ1) is 24.3. The van der Waals surface area contributed by atoms with Gasteiger partial charge in [0, 0.05) is 43.7 Å². The summed E-state index contributed by atoms with van der Waals surface area (Å²) in [5.41, 5.74) is 18.3. The molecule has 2 aromatic heterocycles. The normalized spacial score (nSPS) is 15.1. The molecule has 0 fully saturated rings. The Morgan fingerprint density at radius 2 is 0.760 bits per heavy atom. The minimum atomic E-state index is -0.173. The van der Waals surface area contributed by atoms with E-state index >= 15 is 0 Å². The van der Waals surface area contributed by atoms with Gasteiger partial charge in [-0.2, -0.15) is 0 Å². The molecular weight excluding hydrogens is 605 g/mol. The molecule has 50 heavy (non-hydrogen) atoms. The van der Waals surface area contributed by atoms with Crippen LogP contribution < -0.4 is 0 Å². The predicted octanol–water partition coefficient (Wildman–Crippen LogP) is 12.5. The molecule has 0 spiro atoms. The Kier molecular flexibility index (Phi) is 5.28. The molecule has 0 unspecified atom stereocenters. The number of benzene rings is 7. The van der Waals surface area contributed by atoms with Gasteiger partial charge < -0.3 is 9.13 Å². The van der Waals surface area contributed by atoms with Crippen LogP contribution in [-0.4, -0.2) is 9.13 Å². The predicted molar refractivity (Wildman–Crippen MR) is 210 cm³/mol. The Balaban J connectivity index is 1.10. The maximum Gasteiger partial charge on any atom is 0.0541 e. The van der Waals surface area contributed by atoms with Gasteiger partial charge in [-0.05, 0) is 93.0 Å². The highest BCUT2D eigenvalue weighted by Gasteiger charge is 2.45. The van der Waals surface area contributed by atoms with Gasteiger partial charge in [-0.1, -0.05) is 125 Å². The lowest BCUT2D eigenvalue weighted by Crippen LogP contribution is -2.18. The topological polar surface area (TPSA) is 9.86 Å². The first-order valence-electron chi connectivity index (χ1n) is 17.8. The van der Waals surface area contributed by atoms with Crippen LogP contribution in [0.2, 0.25) is 0 Å². The summed E-state index contributed by atoms with van der Waals surface area (Å²) in [6.07, 6.45) is 0. The van der Waals surface area contributed by atoms with Gasteiger partial charge in [0.15, 0.2) is 0 Å². The van der Waals surface area contributed by atoms with Crippen LogP contribution in [0.1, 0.15) is 49.9 Å². The molecule has 7 aromatic carbocycles. The third kappa shape index (κ3) is 3.39. The first kappa shape index (κ1) is 28.0. The van der Waals surface area contributed by atoms with Gasteiger partial charge in [-0.15, -0.1) is 0 Å². The average molecular weight is 641 g/mol. The zero-order chi connectivity index (χ0) is 33.5. The van der Waals surface area contributed by atoms with E-state index in [9.17, 15) is 0 Å². The number of fused-ring (bicyclic) bond motifs is 13. The van der Waals surface area contributed by atoms with Gasteiger partial charge in [-0.3, -0.25) is 0 Å². The molecule has 2 aliphatic rings. The van der Waals surface area contributed by atoms with Crippen molar-refractivity contribution >= 4 is 43.6 Å². The maximum absolute atomic E-state index is 2.47. The summed E-state index contributed by atoms with van der Waals surface area (Å²) in [5.74, 6) is 0. The second-order valence-corrected chi connectivity index (χ2v) is 15.4. The molecule has 9 aromatic rings. The van der Waals surface area contributed by atoms with Crippen molar-refractivity contribution in [3.8, 4) is 33.6 Å². The molecule has 2 aliphatic carbocycles. The summed E-state index contributed by atoms with van der Waals surface area (Å²) in [6, 6.07) is 54.4. The lowest BCUT2D eigenvalue weighted by Gasteiger charge is -2.26. The molecule has 2 nitrogen and oxygen atoms in total. The van der Waals surface area contributed by atoms with E-state index in [1.165, 1.54) is 99.5 Å². The maximum atomic E-state index is 2.47. The summed E-state index contributed by atoms with van der Waals surface area (Å²) in [6.45, 7) is 9.69. The number of nitrogens with zero attached hydrogens (tertiary/aromatic N) is 2. The molecule has 0 saturated carbocycles. The van der Waals surface area contributed by atoms with Gasteiger partial charge in [0.25, 0.3) is 0 Å². The van der Waals surface area contributed by atoms with Gasteiger partial charge >= 0.3 is 0 Å². The zero-order valence-corrected chi connectivity index (χ0v) is 28.8. The third-order valence-corrected chi connectivity index (χ3v) is 12.1. The quantitative estimate of drug-likeness (QED) is 0.178. The molecule has 0 atom stereocenters. The third-order valence-electron chi connectivity index (χ3n) is 12.1. The number of aromatic nitrogens is 2. The minimum Gasteiger partial charge on any atom is -0.309 e. The summed E-state index contributed by atoms with van der Waals surface area (Å²) < 4.78 is 4.90. The smallest absolute Gasteiger partial charge is 0.0541 e. The van der Waals surface area contributed by atoms with Gasteiger partial charge in [0.05, 0.1) is 22.1 Å². The fourth-order valence-corrected chi connectivity index (χ4v) is 9.79. The second kappa shape index (κ2) is 9.43. The molecule has 0 aliphatic heterocycles. The van der Waals surface area contributed by atoms with Crippen molar-refractivity contribution < 1.29 is 0 Å².